The van der Waals surface area contributed by atoms with Crippen molar-refractivity contribution in [1.82, 2.24) is 4.98 Å². The number of nitriles is 1. The maximum absolute atomic E-state index is 8.83. The van der Waals surface area contributed by atoms with Crippen LogP contribution in [-0.4, -0.2) is 18.1 Å². The third kappa shape index (κ3) is 2.53. The van der Waals surface area contributed by atoms with E-state index in [-0.39, 0.29) is 0 Å². The van der Waals surface area contributed by atoms with Crippen LogP contribution in [-0.2, 0) is 0 Å². The molecule has 0 spiro atoms. The second-order valence-electron chi connectivity index (χ2n) is 4.02. The summed E-state index contributed by atoms with van der Waals surface area (Å²) in [7, 11) is 0. The molecule has 1 aromatic heterocycles. The predicted molar refractivity (Wildman–Crippen MR) is 67.3 cm³/mol. The summed E-state index contributed by atoms with van der Waals surface area (Å²) in [6.45, 7) is 2.15. The zero-order chi connectivity index (χ0) is 11.4. The van der Waals surface area contributed by atoms with E-state index < -0.39 is 0 Å². The number of anilines is 1. The summed E-state index contributed by atoms with van der Waals surface area (Å²) in [6, 6.07) is 5.88. The molecule has 0 bridgehead atoms. The zero-order valence-corrected chi connectivity index (χ0v) is 10.7. The van der Waals surface area contributed by atoms with Crippen LogP contribution in [0.25, 0.3) is 0 Å². The molecular weight excluding hydrogens is 266 g/mol. The first-order chi connectivity index (χ1) is 7.81. The van der Waals surface area contributed by atoms with Crippen LogP contribution >= 0.6 is 15.9 Å². The van der Waals surface area contributed by atoms with Gasteiger partial charge in [-0.05, 0) is 40.9 Å². The standard InChI is InChI=1S/C12H14BrN3/c13-12-10(9-14)5-6-11(15-12)16-7-3-1-2-4-8-16/h5-6H,1-4,7-8H2. The first kappa shape index (κ1) is 11.4. The highest BCUT2D eigenvalue weighted by Crippen LogP contribution is 2.21. The largest absolute Gasteiger partial charge is 0.357 e. The third-order valence-corrected chi connectivity index (χ3v) is 3.49. The molecule has 84 valence electrons. The van der Waals surface area contributed by atoms with Crippen LogP contribution in [0.4, 0.5) is 5.82 Å². The highest BCUT2D eigenvalue weighted by atomic mass is 79.9. The molecule has 0 saturated carbocycles. The minimum atomic E-state index is 0.596. The van der Waals surface area contributed by atoms with Gasteiger partial charge in [0.05, 0.1) is 5.56 Å². The van der Waals surface area contributed by atoms with Crippen LogP contribution in [0.15, 0.2) is 16.7 Å². The Morgan fingerprint density at radius 1 is 1.19 bits per heavy atom. The molecule has 2 rings (SSSR count). The van der Waals surface area contributed by atoms with Crippen LogP contribution in [0.1, 0.15) is 31.2 Å². The van der Waals surface area contributed by atoms with Gasteiger partial charge in [-0.25, -0.2) is 4.98 Å². The highest BCUT2D eigenvalue weighted by Gasteiger charge is 2.12. The molecule has 0 unspecified atom stereocenters. The number of aromatic nitrogens is 1. The number of hydrogen-bond donors (Lipinski definition) is 0. The lowest BCUT2D eigenvalue weighted by atomic mass is 10.2. The molecule has 3 nitrogen and oxygen atoms in total. The molecule has 1 aliphatic rings. The number of hydrogen-bond acceptors (Lipinski definition) is 3. The second kappa shape index (κ2) is 5.31. The Bertz CT molecular complexity index is 403. The van der Waals surface area contributed by atoms with Crippen molar-refractivity contribution < 1.29 is 0 Å². The topological polar surface area (TPSA) is 39.9 Å². The molecule has 1 aromatic rings. The Morgan fingerprint density at radius 2 is 1.88 bits per heavy atom. The average molecular weight is 280 g/mol. The van der Waals surface area contributed by atoms with Gasteiger partial charge in [0.2, 0.25) is 0 Å². The molecule has 4 heteroatoms. The van der Waals surface area contributed by atoms with Crippen molar-refractivity contribution in [2.75, 3.05) is 18.0 Å². The molecule has 2 heterocycles. The Morgan fingerprint density at radius 3 is 2.44 bits per heavy atom. The SMILES string of the molecule is N#Cc1ccc(N2CCCCCC2)nc1Br. The quantitative estimate of drug-likeness (QED) is 0.742. The van der Waals surface area contributed by atoms with Gasteiger partial charge in [0.15, 0.2) is 0 Å². The Labute approximate surface area is 104 Å². The van der Waals surface area contributed by atoms with E-state index in [1.54, 1.807) is 0 Å². The normalized spacial score (nSPS) is 16.6. The monoisotopic (exact) mass is 279 g/mol. The second-order valence-corrected chi connectivity index (χ2v) is 4.77. The van der Waals surface area contributed by atoms with Crippen molar-refractivity contribution in [3.8, 4) is 6.07 Å². The molecule has 1 saturated heterocycles. The van der Waals surface area contributed by atoms with Gasteiger partial charge < -0.3 is 4.90 Å². The molecule has 0 amide bonds. The predicted octanol–water partition coefficient (Wildman–Crippen LogP) is 3.10. The van der Waals surface area contributed by atoms with E-state index in [0.717, 1.165) is 18.9 Å². The van der Waals surface area contributed by atoms with Gasteiger partial charge in [0.1, 0.15) is 16.5 Å². The maximum atomic E-state index is 8.83. The van der Waals surface area contributed by atoms with Gasteiger partial charge in [-0.1, -0.05) is 12.8 Å². The third-order valence-electron chi connectivity index (χ3n) is 2.88. The molecule has 0 N–H and O–H groups in total. The van der Waals surface area contributed by atoms with E-state index in [9.17, 15) is 0 Å². The Balaban J connectivity index is 2.20. The molecule has 1 fully saturated rings. The summed E-state index contributed by atoms with van der Waals surface area (Å²) in [6.07, 6.45) is 5.10. The number of nitrogens with zero attached hydrogens (tertiary/aromatic N) is 3. The number of rotatable bonds is 1. The molecule has 0 atom stereocenters. The van der Waals surface area contributed by atoms with Crippen LogP contribution in [0, 0.1) is 11.3 Å². The first-order valence-corrected chi connectivity index (χ1v) is 6.42. The van der Waals surface area contributed by atoms with Crippen LogP contribution in [0.3, 0.4) is 0 Å². The van der Waals surface area contributed by atoms with E-state index in [0.29, 0.717) is 10.2 Å². The molecular formula is C12H14BrN3. The van der Waals surface area contributed by atoms with Crippen molar-refractivity contribution in [1.29, 1.82) is 5.26 Å². The number of halogens is 1. The fraction of sp³-hybridized carbons (Fsp3) is 0.500. The van der Waals surface area contributed by atoms with Gasteiger partial charge in [-0.2, -0.15) is 5.26 Å². The van der Waals surface area contributed by atoms with Gasteiger partial charge >= 0.3 is 0 Å². The minimum absolute atomic E-state index is 0.596. The van der Waals surface area contributed by atoms with E-state index in [4.69, 9.17) is 5.26 Å². The van der Waals surface area contributed by atoms with E-state index >= 15 is 0 Å². The van der Waals surface area contributed by atoms with Crippen molar-refractivity contribution in [3.63, 3.8) is 0 Å². The summed E-state index contributed by atoms with van der Waals surface area (Å²) in [5.74, 6) is 0.979. The first-order valence-electron chi connectivity index (χ1n) is 5.63. The highest BCUT2D eigenvalue weighted by molar-refractivity contribution is 9.10. The smallest absolute Gasteiger partial charge is 0.129 e. The molecule has 0 radical (unpaired) electrons. The summed E-state index contributed by atoms with van der Waals surface area (Å²) < 4.78 is 0.650. The molecule has 0 aromatic carbocycles. The Hall–Kier alpha value is -1.08. The van der Waals surface area contributed by atoms with E-state index in [1.807, 2.05) is 12.1 Å². The lowest BCUT2D eigenvalue weighted by Gasteiger charge is -2.21. The molecule has 16 heavy (non-hydrogen) atoms. The summed E-state index contributed by atoms with van der Waals surface area (Å²) in [5, 5.41) is 8.83. The summed E-state index contributed by atoms with van der Waals surface area (Å²) in [5.41, 5.74) is 0.596. The van der Waals surface area contributed by atoms with Crippen LogP contribution < -0.4 is 4.90 Å². The van der Waals surface area contributed by atoms with Gasteiger partial charge in [-0.3, -0.25) is 0 Å². The average Bonchev–Trinajstić information content (AvgIpc) is 2.57. The zero-order valence-electron chi connectivity index (χ0n) is 9.12. The van der Waals surface area contributed by atoms with Crippen LogP contribution in [0.5, 0.6) is 0 Å². The van der Waals surface area contributed by atoms with E-state index in [2.05, 4.69) is 31.9 Å². The van der Waals surface area contributed by atoms with Crippen LogP contribution in [0.2, 0.25) is 0 Å². The van der Waals surface area contributed by atoms with Gasteiger partial charge in [0.25, 0.3) is 0 Å². The van der Waals surface area contributed by atoms with Crippen molar-refractivity contribution in [3.05, 3.63) is 22.3 Å². The number of pyridine rings is 1. The van der Waals surface area contributed by atoms with E-state index in [1.165, 1.54) is 25.7 Å². The lowest BCUT2D eigenvalue weighted by Crippen LogP contribution is -2.24. The van der Waals surface area contributed by atoms with Gasteiger partial charge in [0, 0.05) is 13.1 Å². The Kier molecular flexibility index (Phi) is 3.79. The minimum Gasteiger partial charge on any atom is -0.357 e. The van der Waals surface area contributed by atoms with Crippen molar-refractivity contribution in [2.45, 2.75) is 25.7 Å². The summed E-state index contributed by atoms with van der Waals surface area (Å²) in [4.78, 5) is 6.73. The fourth-order valence-corrected chi connectivity index (χ4v) is 2.39. The molecule has 0 aliphatic carbocycles. The summed E-state index contributed by atoms with van der Waals surface area (Å²) >= 11 is 3.33. The maximum Gasteiger partial charge on any atom is 0.129 e. The molecule has 1 aliphatic heterocycles. The fourth-order valence-electron chi connectivity index (χ4n) is 1.98. The van der Waals surface area contributed by atoms with Crippen molar-refractivity contribution in [2.24, 2.45) is 0 Å². The lowest BCUT2D eigenvalue weighted by molar-refractivity contribution is 0.726. The van der Waals surface area contributed by atoms with Crippen molar-refractivity contribution >= 4 is 21.7 Å². The van der Waals surface area contributed by atoms with Gasteiger partial charge in [-0.15, -0.1) is 0 Å².